The Bertz CT molecular complexity index is 857. The van der Waals surface area contributed by atoms with E-state index in [9.17, 15) is 14.4 Å². The molecule has 0 aromatic carbocycles. The zero-order chi connectivity index (χ0) is 41.7. The highest BCUT2D eigenvalue weighted by Crippen LogP contribution is 2.17. The quantitative estimate of drug-likeness (QED) is 0.0346. The van der Waals surface area contributed by atoms with Crippen molar-refractivity contribution in [3.05, 3.63) is 0 Å². The smallest absolute Gasteiger partial charge is 0.306 e. The number of unbranched alkanes of at least 4 members (excludes halogenated alkanes) is 33. The minimum atomic E-state index is -0.760. The molecule has 0 aromatic rings. The lowest BCUT2D eigenvalue weighted by molar-refractivity contribution is -0.167. The molecule has 0 fully saturated rings. The molecule has 0 saturated heterocycles. The van der Waals surface area contributed by atoms with Gasteiger partial charge in [0.15, 0.2) is 6.10 Å². The molecule has 6 nitrogen and oxygen atoms in total. The second-order valence-corrected chi connectivity index (χ2v) is 17.9. The van der Waals surface area contributed by atoms with Gasteiger partial charge >= 0.3 is 17.9 Å². The molecule has 0 saturated carbocycles. The molecule has 6 heteroatoms. The molecule has 0 heterocycles. The Morgan fingerprint density at radius 1 is 0.333 bits per heavy atom. The van der Waals surface area contributed by atoms with E-state index in [1.165, 1.54) is 180 Å². The van der Waals surface area contributed by atoms with Crippen molar-refractivity contribution in [3.8, 4) is 0 Å². The first kappa shape index (κ1) is 55.4. The third-order valence-electron chi connectivity index (χ3n) is 11.5. The van der Waals surface area contributed by atoms with Gasteiger partial charge in [-0.05, 0) is 25.2 Å². The number of hydrogen-bond donors (Lipinski definition) is 0. The van der Waals surface area contributed by atoms with Crippen LogP contribution in [0.25, 0.3) is 0 Å². The molecule has 0 aliphatic heterocycles. The van der Waals surface area contributed by atoms with Crippen LogP contribution in [0.2, 0.25) is 0 Å². The maximum atomic E-state index is 12.8. The van der Waals surface area contributed by atoms with Gasteiger partial charge in [-0.15, -0.1) is 0 Å². The van der Waals surface area contributed by atoms with Gasteiger partial charge in [0.05, 0.1) is 0 Å². The summed E-state index contributed by atoms with van der Waals surface area (Å²) in [6.45, 7) is 8.99. The van der Waals surface area contributed by atoms with Gasteiger partial charge in [0.1, 0.15) is 13.2 Å². The fourth-order valence-electron chi connectivity index (χ4n) is 7.69. The molecule has 0 aliphatic carbocycles. The Hall–Kier alpha value is -1.59. The predicted molar refractivity (Wildman–Crippen MR) is 243 cm³/mol. The van der Waals surface area contributed by atoms with Gasteiger partial charge in [-0.2, -0.15) is 0 Å². The highest BCUT2D eigenvalue weighted by molar-refractivity contribution is 5.71. The highest BCUT2D eigenvalue weighted by atomic mass is 16.6. The molecule has 338 valence electrons. The van der Waals surface area contributed by atoms with E-state index in [2.05, 4.69) is 27.7 Å². The zero-order valence-electron chi connectivity index (χ0n) is 38.8. The van der Waals surface area contributed by atoms with Crippen molar-refractivity contribution < 1.29 is 28.6 Å². The van der Waals surface area contributed by atoms with Gasteiger partial charge in [-0.25, -0.2) is 0 Å². The van der Waals surface area contributed by atoms with Crippen molar-refractivity contribution in [3.63, 3.8) is 0 Å². The maximum Gasteiger partial charge on any atom is 0.306 e. The predicted octanol–water partition coefficient (Wildman–Crippen LogP) is 16.3. The third-order valence-corrected chi connectivity index (χ3v) is 11.5. The Morgan fingerprint density at radius 2 is 0.579 bits per heavy atom. The van der Waals surface area contributed by atoms with Crippen molar-refractivity contribution in [1.82, 2.24) is 0 Å². The second kappa shape index (κ2) is 45.5. The van der Waals surface area contributed by atoms with Crippen LogP contribution in [0.1, 0.15) is 285 Å². The number of hydrogen-bond acceptors (Lipinski definition) is 6. The topological polar surface area (TPSA) is 78.9 Å². The maximum absolute atomic E-state index is 12.8. The molecule has 0 amide bonds. The summed E-state index contributed by atoms with van der Waals surface area (Å²) in [6, 6.07) is 0. The van der Waals surface area contributed by atoms with E-state index >= 15 is 0 Å². The van der Waals surface area contributed by atoms with E-state index in [0.29, 0.717) is 19.3 Å². The zero-order valence-corrected chi connectivity index (χ0v) is 38.8. The summed E-state index contributed by atoms with van der Waals surface area (Å²) in [5, 5.41) is 0. The Kier molecular flexibility index (Phi) is 44.2. The Morgan fingerprint density at radius 3 is 0.860 bits per heavy atom. The van der Waals surface area contributed by atoms with Crippen molar-refractivity contribution in [2.45, 2.75) is 291 Å². The van der Waals surface area contributed by atoms with Crippen LogP contribution in [0.3, 0.4) is 0 Å². The number of ether oxygens (including phenoxy) is 3. The molecule has 0 spiro atoms. The lowest BCUT2D eigenvalue weighted by atomic mass is 10.0. The average Bonchev–Trinajstić information content (AvgIpc) is 3.19. The van der Waals surface area contributed by atoms with Gasteiger partial charge in [0.25, 0.3) is 0 Å². The summed E-state index contributed by atoms with van der Waals surface area (Å²) in [6.07, 6.45) is 46.6. The van der Waals surface area contributed by atoms with Gasteiger partial charge in [-0.3, -0.25) is 14.4 Å². The fourth-order valence-corrected chi connectivity index (χ4v) is 7.69. The van der Waals surface area contributed by atoms with Crippen LogP contribution in [0.4, 0.5) is 0 Å². The fraction of sp³-hybridized carbons (Fsp3) is 0.941. The summed E-state index contributed by atoms with van der Waals surface area (Å²) in [4.78, 5) is 37.8. The van der Waals surface area contributed by atoms with Gasteiger partial charge in [0, 0.05) is 19.3 Å². The molecular formula is C51H98O6. The van der Waals surface area contributed by atoms with Crippen LogP contribution < -0.4 is 0 Å². The summed E-state index contributed by atoms with van der Waals surface area (Å²) < 4.78 is 16.8. The van der Waals surface area contributed by atoms with Gasteiger partial charge in [0.2, 0.25) is 0 Å². The van der Waals surface area contributed by atoms with Gasteiger partial charge in [-0.1, -0.05) is 246 Å². The van der Waals surface area contributed by atoms with Crippen molar-refractivity contribution in [2.75, 3.05) is 13.2 Å². The molecule has 1 atom stereocenters. The largest absolute Gasteiger partial charge is 0.462 e. The van der Waals surface area contributed by atoms with E-state index < -0.39 is 6.10 Å². The van der Waals surface area contributed by atoms with E-state index in [4.69, 9.17) is 14.2 Å². The number of carbonyl (C=O) groups is 3. The summed E-state index contributed by atoms with van der Waals surface area (Å²) >= 11 is 0. The van der Waals surface area contributed by atoms with Crippen molar-refractivity contribution >= 4 is 17.9 Å². The lowest BCUT2D eigenvalue weighted by Gasteiger charge is -2.18. The van der Waals surface area contributed by atoms with Gasteiger partial charge < -0.3 is 14.2 Å². The first-order valence-electron chi connectivity index (χ1n) is 25.4. The minimum Gasteiger partial charge on any atom is -0.462 e. The molecule has 0 bridgehead atoms. The summed E-state index contributed by atoms with van der Waals surface area (Å²) in [5.41, 5.74) is 0. The molecule has 0 rings (SSSR count). The summed E-state index contributed by atoms with van der Waals surface area (Å²) in [7, 11) is 0. The standard InChI is InChI=1S/C51H98O6/c1-5-7-9-11-13-15-17-18-19-20-21-22-23-27-32-36-40-44-51(54)57-48(45-55-49(52)42-38-34-30-26-16-14-12-10-8-6-2)46-56-50(53)43-39-35-31-28-24-25-29-33-37-41-47(3)4/h47-48H,5-46H2,1-4H3/t48-/m1/s1. The molecule has 57 heavy (non-hydrogen) atoms. The SMILES string of the molecule is CCCCCCCCCCCCCCCCCCCC(=O)O[C@H](COC(=O)CCCCCCCCCCCC)COC(=O)CCCCCCCCCCCC(C)C. The molecule has 0 radical (unpaired) electrons. The molecule has 0 N–H and O–H groups in total. The lowest BCUT2D eigenvalue weighted by Crippen LogP contribution is -2.30. The van der Waals surface area contributed by atoms with E-state index in [-0.39, 0.29) is 31.1 Å². The second-order valence-electron chi connectivity index (χ2n) is 17.9. The molecule has 0 unspecified atom stereocenters. The number of carbonyl (C=O) groups excluding carboxylic acids is 3. The van der Waals surface area contributed by atoms with Crippen LogP contribution in [0.15, 0.2) is 0 Å². The first-order valence-corrected chi connectivity index (χ1v) is 25.4. The Labute approximate surface area is 355 Å². The van der Waals surface area contributed by atoms with E-state index in [0.717, 1.165) is 63.7 Å². The van der Waals surface area contributed by atoms with Crippen LogP contribution in [-0.4, -0.2) is 37.2 Å². The Balaban J connectivity index is 4.28. The van der Waals surface area contributed by atoms with Crippen LogP contribution in [0, 0.1) is 5.92 Å². The van der Waals surface area contributed by atoms with Crippen molar-refractivity contribution in [1.29, 1.82) is 0 Å². The molecular weight excluding hydrogens is 709 g/mol. The molecule has 0 aromatic heterocycles. The first-order chi connectivity index (χ1) is 27.9. The van der Waals surface area contributed by atoms with E-state index in [1.807, 2.05) is 0 Å². The number of rotatable bonds is 46. The molecule has 0 aliphatic rings. The third kappa shape index (κ3) is 45.3. The van der Waals surface area contributed by atoms with Crippen LogP contribution >= 0.6 is 0 Å². The monoisotopic (exact) mass is 807 g/mol. The normalized spacial score (nSPS) is 11.9. The highest BCUT2D eigenvalue weighted by Gasteiger charge is 2.19. The van der Waals surface area contributed by atoms with E-state index in [1.54, 1.807) is 0 Å². The summed E-state index contributed by atoms with van der Waals surface area (Å²) in [5.74, 6) is -0.0399. The minimum absolute atomic E-state index is 0.0634. The van der Waals surface area contributed by atoms with Crippen LogP contribution in [0.5, 0.6) is 0 Å². The van der Waals surface area contributed by atoms with Crippen LogP contribution in [-0.2, 0) is 28.6 Å². The van der Waals surface area contributed by atoms with Crippen molar-refractivity contribution in [2.24, 2.45) is 5.92 Å². The average molecular weight is 807 g/mol. The number of esters is 3.